The van der Waals surface area contributed by atoms with Crippen LogP contribution in [0.5, 0.6) is 5.75 Å². The largest absolute Gasteiger partial charge is 0.508 e. The third-order valence-electron chi connectivity index (χ3n) is 1.11. The second-order valence-electron chi connectivity index (χ2n) is 1.78. The molecule has 1 aromatic rings. The fraction of sp³-hybridized carbons (Fsp3) is 0. The molecule has 0 atom stereocenters. The fourth-order valence-corrected chi connectivity index (χ4v) is 0.953. The molecule has 1 radical (unpaired) electrons. The van der Waals surface area contributed by atoms with Crippen molar-refractivity contribution in [2.24, 2.45) is 0 Å². The zero-order valence-corrected chi connectivity index (χ0v) is 6.52. The van der Waals surface area contributed by atoms with Crippen molar-refractivity contribution in [2.45, 2.75) is 0 Å². The molecule has 10 heavy (non-hydrogen) atoms. The van der Waals surface area contributed by atoms with Gasteiger partial charge in [0.05, 0.1) is 0 Å². The van der Waals surface area contributed by atoms with Crippen molar-refractivity contribution < 1.29 is 5.11 Å². The van der Waals surface area contributed by atoms with Crippen LogP contribution in [0.3, 0.4) is 0 Å². The Morgan fingerprint density at radius 3 is 2.20 bits per heavy atom. The van der Waals surface area contributed by atoms with Crippen molar-refractivity contribution in [1.82, 2.24) is 0 Å². The van der Waals surface area contributed by atoms with Crippen LogP contribution in [0, 0.1) is 4.84 Å². The Kier molecular flexibility index (Phi) is 2.41. The SMILES string of the molecule is Oc1ccccc1[C](Cl)Cl. The van der Waals surface area contributed by atoms with E-state index in [1.54, 1.807) is 18.2 Å². The van der Waals surface area contributed by atoms with Crippen molar-refractivity contribution in [3.63, 3.8) is 0 Å². The van der Waals surface area contributed by atoms with Crippen LogP contribution in [-0.2, 0) is 0 Å². The first-order valence-electron chi connectivity index (χ1n) is 2.68. The summed E-state index contributed by atoms with van der Waals surface area (Å²) in [4.78, 5) is 0.0816. The molecule has 1 N–H and O–H groups in total. The van der Waals surface area contributed by atoms with Crippen LogP contribution in [-0.4, -0.2) is 5.11 Å². The van der Waals surface area contributed by atoms with Gasteiger partial charge in [-0.3, -0.25) is 0 Å². The third kappa shape index (κ3) is 1.55. The van der Waals surface area contributed by atoms with Crippen LogP contribution in [0.4, 0.5) is 0 Å². The zero-order valence-electron chi connectivity index (χ0n) is 5.01. The van der Waals surface area contributed by atoms with Gasteiger partial charge in [-0.05, 0) is 6.07 Å². The number of hydrogen-bond acceptors (Lipinski definition) is 1. The lowest BCUT2D eigenvalue weighted by molar-refractivity contribution is 0.472. The van der Waals surface area contributed by atoms with E-state index in [4.69, 9.17) is 28.3 Å². The highest BCUT2D eigenvalue weighted by Gasteiger charge is 2.07. The molecule has 0 aliphatic rings. The summed E-state index contributed by atoms with van der Waals surface area (Å²) < 4.78 is 0. The molecule has 0 aromatic heterocycles. The van der Waals surface area contributed by atoms with Crippen LogP contribution in [0.15, 0.2) is 24.3 Å². The number of halogens is 2. The maximum absolute atomic E-state index is 9.09. The topological polar surface area (TPSA) is 20.2 Å². The minimum absolute atomic E-state index is 0.0816. The molecule has 0 heterocycles. The second-order valence-corrected chi connectivity index (χ2v) is 2.73. The van der Waals surface area contributed by atoms with Gasteiger partial charge in [0.15, 0.2) is 4.84 Å². The average Bonchev–Trinajstić information content (AvgIpc) is 1.88. The molecule has 0 saturated heterocycles. The van der Waals surface area contributed by atoms with E-state index in [2.05, 4.69) is 0 Å². The summed E-state index contributed by atoms with van der Waals surface area (Å²) in [7, 11) is 0. The normalized spacial score (nSPS) is 10.3. The molecule has 1 nitrogen and oxygen atoms in total. The highest BCUT2D eigenvalue weighted by Crippen LogP contribution is 2.30. The first-order valence-corrected chi connectivity index (χ1v) is 3.43. The monoisotopic (exact) mass is 175 g/mol. The van der Waals surface area contributed by atoms with E-state index in [0.29, 0.717) is 5.56 Å². The Morgan fingerprint density at radius 2 is 1.80 bits per heavy atom. The lowest BCUT2D eigenvalue weighted by atomic mass is 10.2. The Labute approximate surface area is 69.2 Å². The van der Waals surface area contributed by atoms with Crippen LogP contribution in [0.1, 0.15) is 5.56 Å². The zero-order chi connectivity index (χ0) is 7.56. The summed E-state index contributed by atoms with van der Waals surface area (Å²) in [5.41, 5.74) is 0.464. The smallest absolute Gasteiger partial charge is 0.183 e. The van der Waals surface area contributed by atoms with Crippen molar-refractivity contribution in [3.8, 4) is 5.75 Å². The predicted octanol–water partition coefficient (Wildman–Crippen LogP) is 2.71. The van der Waals surface area contributed by atoms with Gasteiger partial charge in [-0.25, -0.2) is 0 Å². The molecule has 0 saturated carbocycles. The number of rotatable bonds is 1. The van der Waals surface area contributed by atoms with Crippen molar-refractivity contribution in [2.75, 3.05) is 0 Å². The second kappa shape index (κ2) is 3.13. The fourth-order valence-electron chi connectivity index (χ4n) is 0.633. The average molecular weight is 176 g/mol. The van der Waals surface area contributed by atoms with Crippen LogP contribution in [0.25, 0.3) is 0 Å². The Balaban J connectivity index is 3.03. The van der Waals surface area contributed by atoms with E-state index in [9.17, 15) is 0 Å². The lowest BCUT2D eigenvalue weighted by Crippen LogP contribution is -1.81. The van der Waals surface area contributed by atoms with Gasteiger partial charge in [0.1, 0.15) is 5.75 Å². The molecule has 0 bridgehead atoms. The standard InChI is InChI=1S/C7H5Cl2O/c8-7(9)5-3-1-2-4-6(5)10/h1-4,10H. The summed E-state index contributed by atoms with van der Waals surface area (Å²) in [6.45, 7) is 0. The number of phenols is 1. The van der Waals surface area contributed by atoms with E-state index in [0.717, 1.165) is 0 Å². The van der Waals surface area contributed by atoms with E-state index < -0.39 is 0 Å². The van der Waals surface area contributed by atoms with E-state index in [-0.39, 0.29) is 10.6 Å². The molecule has 0 fully saturated rings. The molecular formula is C7H5Cl2O. The van der Waals surface area contributed by atoms with Gasteiger partial charge >= 0.3 is 0 Å². The van der Waals surface area contributed by atoms with E-state index in [1.807, 2.05) is 0 Å². The van der Waals surface area contributed by atoms with Crippen molar-refractivity contribution in [3.05, 3.63) is 34.7 Å². The number of hydrogen-bond donors (Lipinski definition) is 1. The van der Waals surface area contributed by atoms with Gasteiger partial charge < -0.3 is 5.11 Å². The van der Waals surface area contributed by atoms with E-state index >= 15 is 0 Å². The number of benzene rings is 1. The van der Waals surface area contributed by atoms with Crippen LogP contribution < -0.4 is 0 Å². The maximum Gasteiger partial charge on any atom is 0.183 e. The van der Waals surface area contributed by atoms with Gasteiger partial charge in [-0.2, -0.15) is 0 Å². The summed E-state index contributed by atoms with van der Waals surface area (Å²) in [6.07, 6.45) is 0. The quantitative estimate of drug-likeness (QED) is 0.697. The van der Waals surface area contributed by atoms with Crippen LogP contribution >= 0.6 is 23.2 Å². The molecular weight excluding hydrogens is 171 g/mol. The van der Waals surface area contributed by atoms with E-state index in [1.165, 1.54) is 6.07 Å². The minimum Gasteiger partial charge on any atom is -0.508 e. The van der Waals surface area contributed by atoms with Gasteiger partial charge in [0, 0.05) is 5.56 Å². The minimum atomic E-state index is 0.0816. The highest BCUT2D eigenvalue weighted by atomic mass is 35.5. The molecule has 0 spiro atoms. The Hall–Kier alpha value is -0.400. The number of para-hydroxylation sites is 1. The molecule has 0 amide bonds. The molecule has 0 unspecified atom stereocenters. The Morgan fingerprint density at radius 1 is 1.20 bits per heavy atom. The van der Waals surface area contributed by atoms with Crippen molar-refractivity contribution >= 4 is 23.2 Å². The molecule has 3 heteroatoms. The number of aromatic hydroxyl groups is 1. The highest BCUT2D eigenvalue weighted by molar-refractivity contribution is 6.54. The van der Waals surface area contributed by atoms with Crippen molar-refractivity contribution in [1.29, 1.82) is 0 Å². The molecule has 0 aliphatic carbocycles. The summed E-state index contributed by atoms with van der Waals surface area (Å²) in [6, 6.07) is 6.63. The predicted molar refractivity (Wildman–Crippen MR) is 42.2 cm³/mol. The summed E-state index contributed by atoms with van der Waals surface area (Å²) in [5, 5.41) is 9.09. The lowest BCUT2D eigenvalue weighted by Gasteiger charge is -2.00. The maximum atomic E-state index is 9.09. The molecule has 1 rings (SSSR count). The first-order chi connectivity index (χ1) is 4.72. The van der Waals surface area contributed by atoms with Gasteiger partial charge in [-0.15, -0.1) is 0 Å². The van der Waals surface area contributed by atoms with Gasteiger partial charge in [0.25, 0.3) is 0 Å². The summed E-state index contributed by atoms with van der Waals surface area (Å²) >= 11 is 10.9. The van der Waals surface area contributed by atoms with Gasteiger partial charge in [-0.1, -0.05) is 41.4 Å². The number of phenolic OH excluding ortho intramolecular Hbond substituents is 1. The van der Waals surface area contributed by atoms with Gasteiger partial charge in [0.2, 0.25) is 0 Å². The molecule has 53 valence electrons. The summed E-state index contributed by atoms with van der Waals surface area (Å²) in [5.74, 6) is 0.0995. The molecule has 1 aromatic carbocycles. The van der Waals surface area contributed by atoms with Crippen LogP contribution in [0.2, 0.25) is 0 Å². The Bertz CT molecular complexity index is 223. The first kappa shape index (κ1) is 7.70. The molecule has 0 aliphatic heterocycles. The third-order valence-corrected chi connectivity index (χ3v) is 1.51.